The maximum atomic E-state index is 12.1. The Kier molecular flexibility index (Phi) is 6.20. The third kappa shape index (κ3) is 4.48. The van der Waals surface area contributed by atoms with Crippen LogP contribution in [0.4, 0.5) is 0 Å². The molecule has 7 heteroatoms. The molecular formula is C17H19NO5S. The largest absolute Gasteiger partial charge is 0.493 e. The maximum absolute atomic E-state index is 12.1. The van der Waals surface area contributed by atoms with Gasteiger partial charge in [-0.05, 0) is 40.6 Å². The smallest absolute Gasteiger partial charge is 0.338 e. The number of nitrogens with zero attached hydrogens (tertiary/aromatic N) is 1. The zero-order chi connectivity index (χ0) is 17.5. The first-order valence-electron chi connectivity index (χ1n) is 7.19. The number of benzene rings is 1. The zero-order valence-corrected chi connectivity index (χ0v) is 14.6. The summed E-state index contributed by atoms with van der Waals surface area (Å²) in [5, 5.41) is 3.92. The van der Waals surface area contributed by atoms with Gasteiger partial charge in [0.05, 0.1) is 19.8 Å². The molecule has 128 valence electrons. The second-order valence-corrected chi connectivity index (χ2v) is 5.81. The molecule has 0 fully saturated rings. The first-order valence-corrected chi connectivity index (χ1v) is 8.13. The molecule has 2 rings (SSSR count). The Morgan fingerprint density at radius 3 is 2.50 bits per heavy atom. The van der Waals surface area contributed by atoms with Crippen molar-refractivity contribution in [3.05, 3.63) is 46.2 Å². The van der Waals surface area contributed by atoms with Gasteiger partial charge in [-0.1, -0.05) is 0 Å². The highest BCUT2D eigenvalue weighted by molar-refractivity contribution is 7.07. The van der Waals surface area contributed by atoms with E-state index in [2.05, 4.69) is 0 Å². The monoisotopic (exact) mass is 349 g/mol. The van der Waals surface area contributed by atoms with Crippen molar-refractivity contribution in [2.24, 2.45) is 0 Å². The fraction of sp³-hybridized carbons (Fsp3) is 0.294. The number of hydrogen-bond donors (Lipinski definition) is 0. The number of amides is 1. The Bertz CT molecular complexity index is 699. The number of carbonyl (C=O) groups excluding carboxylic acids is 2. The van der Waals surface area contributed by atoms with Crippen LogP contribution >= 0.6 is 11.3 Å². The highest BCUT2D eigenvalue weighted by Gasteiger charge is 2.16. The van der Waals surface area contributed by atoms with E-state index in [4.69, 9.17) is 14.2 Å². The molecule has 1 heterocycles. The van der Waals surface area contributed by atoms with Crippen LogP contribution in [0.3, 0.4) is 0 Å². The van der Waals surface area contributed by atoms with E-state index in [9.17, 15) is 9.59 Å². The van der Waals surface area contributed by atoms with Gasteiger partial charge in [-0.3, -0.25) is 4.79 Å². The normalized spacial score (nSPS) is 10.1. The summed E-state index contributed by atoms with van der Waals surface area (Å²) >= 11 is 1.57. The van der Waals surface area contributed by atoms with Crippen molar-refractivity contribution in [3.63, 3.8) is 0 Å². The summed E-state index contributed by atoms with van der Waals surface area (Å²) in [6.07, 6.45) is 0. The molecule has 1 aromatic heterocycles. The van der Waals surface area contributed by atoms with Gasteiger partial charge in [0.25, 0.3) is 5.91 Å². The lowest BCUT2D eigenvalue weighted by Gasteiger charge is -2.16. The molecule has 0 N–H and O–H groups in total. The summed E-state index contributed by atoms with van der Waals surface area (Å²) in [7, 11) is 4.66. The number of ether oxygens (including phenoxy) is 3. The van der Waals surface area contributed by atoms with Crippen LogP contribution in [-0.4, -0.2) is 44.7 Å². The van der Waals surface area contributed by atoms with Crippen molar-refractivity contribution in [1.82, 2.24) is 4.90 Å². The van der Waals surface area contributed by atoms with Crippen molar-refractivity contribution in [3.8, 4) is 11.5 Å². The SMILES string of the molecule is COc1ccc(C(=O)OCC(=O)N(C)Cc2ccsc2)cc1OC. The Morgan fingerprint density at radius 1 is 1.12 bits per heavy atom. The highest BCUT2D eigenvalue weighted by Crippen LogP contribution is 2.27. The molecule has 24 heavy (non-hydrogen) atoms. The quantitative estimate of drug-likeness (QED) is 0.719. The molecule has 0 aliphatic rings. The van der Waals surface area contributed by atoms with Gasteiger partial charge in [0, 0.05) is 13.6 Å². The standard InChI is InChI=1S/C17H19NO5S/c1-18(9-12-6-7-24-11-12)16(19)10-23-17(20)13-4-5-14(21-2)15(8-13)22-3/h4-8,11H,9-10H2,1-3H3. The number of thiophene rings is 1. The second kappa shape index (κ2) is 8.35. The summed E-state index contributed by atoms with van der Waals surface area (Å²) in [6.45, 7) is 0.171. The van der Waals surface area contributed by atoms with Gasteiger partial charge >= 0.3 is 5.97 Å². The predicted octanol–water partition coefficient (Wildman–Crippen LogP) is 2.58. The van der Waals surface area contributed by atoms with Crippen molar-refractivity contribution < 1.29 is 23.8 Å². The summed E-state index contributed by atoms with van der Waals surface area (Å²) in [4.78, 5) is 25.6. The highest BCUT2D eigenvalue weighted by atomic mass is 32.1. The molecule has 0 spiro atoms. The molecule has 0 saturated carbocycles. The summed E-state index contributed by atoms with van der Waals surface area (Å²) in [5.41, 5.74) is 1.34. The van der Waals surface area contributed by atoms with Crippen molar-refractivity contribution in [2.45, 2.75) is 6.54 Å². The van der Waals surface area contributed by atoms with Crippen LogP contribution in [-0.2, 0) is 16.1 Å². The summed E-state index contributed by atoms with van der Waals surface area (Å²) in [5.74, 6) is 0.0803. The molecule has 2 aromatic rings. The fourth-order valence-electron chi connectivity index (χ4n) is 2.03. The van der Waals surface area contributed by atoms with E-state index < -0.39 is 5.97 Å². The molecule has 0 aliphatic heterocycles. The van der Waals surface area contributed by atoms with E-state index in [1.807, 2.05) is 16.8 Å². The molecule has 1 amide bonds. The second-order valence-electron chi connectivity index (χ2n) is 5.03. The molecule has 6 nitrogen and oxygen atoms in total. The van der Waals surface area contributed by atoms with Crippen LogP contribution in [0.5, 0.6) is 11.5 Å². The minimum Gasteiger partial charge on any atom is -0.493 e. The lowest BCUT2D eigenvalue weighted by Crippen LogP contribution is -2.30. The average Bonchev–Trinajstić information content (AvgIpc) is 3.11. The number of methoxy groups -OCH3 is 2. The number of hydrogen-bond acceptors (Lipinski definition) is 6. The summed E-state index contributed by atoms with van der Waals surface area (Å²) < 4.78 is 15.3. The van der Waals surface area contributed by atoms with E-state index >= 15 is 0 Å². The molecule has 1 aromatic carbocycles. The van der Waals surface area contributed by atoms with Gasteiger partial charge in [-0.15, -0.1) is 0 Å². The average molecular weight is 349 g/mol. The third-order valence-electron chi connectivity index (χ3n) is 3.37. The van der Waals surface area contributed by atoms with Gasteiger partial charge in [-0.25, -0.2) is 4.79 Å². The van der Waals surface area contributed by atoms with Crippen LogP contribution in [0.15, 0.2) is 35.0 Å². The Labute approximate surface area is 144 Å². The van der Waals surface area contributed by atoms with E-state index in [0.29, 0.717) is 23.6 Å². The van der Waals surface area contributed by atoms with Crippen LogP contribution in [0.1, 0.15) is 15.9 Å². The molecule has 0 radical (unpaired) electrons. The van der Waals surface area contributed by atoms with Gasteiger partial charge in [0.1, 0.15) is 0 Å². The predicted molar refractivity (Wildman–Crippen MR) is 90.6 cm³/mol. The van der Waals surface area contributed by atoms with Crippen LogP contribution < -0.4 is 9.47 Å². The van der Waals surface area contributed by atoms with Crippen molar-refractivity contribution in [1.29, 1.82) is 0 Å². The molecule has 0 bridgehead atoms. The van der Waals surface area contributed by atoms with Crippen molar-refractivity contribution >= 4 is 23.2 Å². The molecule has 0 aliphatic carbocycles. The van der Waals surface area contributed by atoms with Crippen molar-refractivity contribution in [2.75, 3.05) is 27.9 Å². The number of esters is 1. The molecular weight excluding hydrogens is 330 g/mol. The van der Waals surface area contributed by atoms with E-state index in [1.165, 1.54) is 25.2 Å². The minimum atomic E-state index is -0.590. The van der Waals surface area contributed by atoms with Gasteiger partial charge < -0.3 is 19.1 Å². The zero-order valence-electron chi connectivity index (χ0n) is 13.8. The Balaban J connectivity index is 1.91. The number of likely N-dealkylation sites (N-methyl/N-ethyl adjacent to an activating group) is 1. The van der Waals surface area contributed by atoms with E-state index in [0.717, 1.165) is 5.56 Å². The van der Waals surface area contributed by atoms with E-state index in [-0.39, 0.29) is 12.5 Å². The van der Waals surface area contributed by atoms with E-state index in [1.54, 1.807) is 30.5 Å². The molecule has 0 saturated heterocycles. The molecule has 0 unspecified atom stereocenters. The van der Waals surface area contributed by atoms with Crippen LogP contribution in [0.2, 0.25) is 0 Å². The summed E-state index contributed by atoms with van der Waals surface area (Å²) in [6, 6.07) is 6.63. The topological polar surface area (TPSA) is 65.1 Å². The lowest BCUT2D eigenvalue weighted by molar-refractivity contribution is -0.133. The van der Waals surface area contributed by atoms with Crippen LogP contribution in [0.25, 0.3) is 0 Å². The Morgan fingerprint density at radius 2 is 1.88 bits per heavy atom. The third-order valence-corrected chi connectivity index (χ3v) is 4.10. The Hall–Kier alpha value is -2.54. The number of carbonyl (C=O) groups is 2. The van der Waals surface area contributed by atoms with Gasteiger partial charge in [0.15, 0.2) is 18.1 Å². The number of rotatable bonds is 7. The fourth-order valence-corrected chi connectivity index (χ4v) is 2.69. The maximum Gasteiger partial charge on any atom is 0.338 e. The lowest BCUT2D eigenvalue weighted by atomic mass is 10.2. The minimum absolute atomic E-state index is 0.268. The van der Waals surface area contributed by atoms with Gasteiger partial charge in [-0.2, -0.15) is 11.3 Å². The molecule has 0 atom stereocenters. The first-order chi connectivity index (χ1) is 11.5. The van der Waals surface area contributed by atoms with Crippen LogP contribution in [0, 0.1) is 0 Å². The first kappa shape index (κ1) is 17.8. The van der Waals surface area contributed by atoms with Gasteiger partial charge in [0.2, 0.25) is 0 Å².